The SMILES string of the molecule is COc1ccc(S(=O)(=O)N2CCC(C(=O)NC(C)c3ccccc3OC)CC2)cc1C. The summed E-state index contributed by atoms with van der Waals surface area (Å²) in [5.41, 5.74) is 1.68. The number of nitrogens with one attached hydrogen (secondary N) is 1. The molecule has 1 aliphatic rings. The van der Waals surface area contributed by atoms with Crippen molar-refractivity contribution >= 4 is 15.9 Å². The molecule has 2 aromatic rings. The number of benzene rings is 2. The van der Waals surface area contributed by atoms with E-state index in [4.69, 9.17) is 9.47 Å². The predicted octanol–water partition coefficient (Wildman–Crippen LogP) is 3.29. The molecule has 1 amide bonds. The van der Waals surface area contributed by atoms with Crippen molar-refractivity contribution in [2.45, 2.75) is 37.6 Å². The predicted molar refractivity (Wildman–Crippen MR) is 119 cm³/mol. The fourth-order valence-electron chi connectivity index (χ4n) is 3.95. The van der Waals surface area contributed by atoms with E-state index in [2.05, 4.69) is 5.32 Å². The van der Waals surface area contributed by atoms with Gasteiger partial charge in [-0.3, -0.25) is 4.79 Å². The van der Waals surface area contributed by atoms with E-state index < -0.39 is 10.0 Å². The van der Waals surface area contributed by atoms with Crippen LogP contribution in [-0.2, 0) is 14.8 Å². The van der Waals surface area contributed by atoms with E-state index >= 15 is 0 Å². The summed E-state index contributed by atoms with van der Waals surface area (Å²) in [6, 6.07) is 12.2. The van der Waals surface area contributed by atoms with E-state index in [9.17, 15) is 13.2 Å². The first-order chi connectivity index (χ1) is 14.8. The van der Waals surface area contributed by atoms with Crippen molar-refractivity contribution in [3.8, 4) is 11.5 Å². The standard InChI is InChI=1S/C23H30N2O5S/c1-16-15-19(9-10-21(16)29-3)31(27,28)25-13-11-18(12-14-25)23(26)24-17(2)20-7-5-6-8-22(20)30-4/h5-10,15,17-18H,11-14H2,1-4H3,(H,24,26). The number of piperidine rings is 1. The van der Waals surface area contributed by atoms with Crippen molar-refractivity contribution in [1.82, 2.24) is 9.62 Å². The fraction of sp³-hybridized carbons (Fsp3) is 0.435. The molecule has 3 rings (SSSR count). The quantitative estimate of drug-likeness (QED) is 0.706. The summed E-state index contributed by atoms with van der Waals surface area (Å²) >= 11 is 0. The molecule has 0 saturated carbocycles. The average Bonchev–Trinajstić information content (AvgIpc) is 2.78. The Kier molecular flexibility index (Phi) is 7.23. The van der Waals surface area contributed by atoms with Crippen molar-refractivity contribution in [2.75, 3.05) is 27.3 Å². The van der Waals surface area contributed by atoms with Crippen LogP contribution in [0.2, 0.25) is 0 Å². The normalized spacial score (nSPS) is 16.5. The molecule has 1 heterocycles. The number of ether oxygens (including phenoxy) is 2. The van der Waals surface area contributed by atoms with Gasteiger partial charge in [-0.05, 0) is 56.5 Å². The number of amides is 1. The van der Waals surface area contributed by atoms with Crippen LogP contribution in [0.15, 0.2) is 47.4 Å². The summed E-state index contributed by atoms with van der Waals surface area (Å²) in [6.07, 6.45) is 0.970. The Morgan fingerprint density at radius 3 is 2.32 bits per heavy atom. The summed E-state index contributed by atoms with van der Waals surface area (Å²) in [5.74, 6) is 1.10. The van der Waals surface area contributed by atoms with Gasteiger partial charge in [0.15, 0.2) is 0 Å². The number of hydrogen-bond donors (Lipinski definition) is 1. The number of methoxy groups -OCH3 is 2. The molecule has 1 saturated heterocycles. The van der Waals surface area contributed by atoms with E-state index in [0.29, 0.717) is 31.7 Å². The molecule has 1 atom stereocenters. The van der Waals surface area contributed by atoms with Crippen molar-refractivity contribution in [3.63, 3.8) is 0 Å². The van der Waals surface area contributed by atoms with Crippen LogP contribution in [-0.4, -0.2) is 45.9 Å². The summed E-state index contributed by atoms with van der Waals surface area (Å²) in [6.45, 7) is 4.36. The second kappa shape index (κ2) is 9.70. The molecule has 31 heavy (non-hydrogen) atoms. The lowest BCUT2D eigenvalue weighted by atomic mass is 9.96. The Morgan fingerprint density at radius 1 is 1.06 bits per heavy atom. The first-order valence-electron chi connectivity index (χ1n) is 10.4. The Labute approximate surface area is 184 Å². The molecule has 1 unspecified atom stereocenters. The van der Waals surface area contributed by atoms with Crippen LogP contribution in [0.3, 0.4) is 0 Å². The van der Waals surface area contributed by atoms with Gasteiger partial charge in [0.25, 0.3) is 0 Å². The van der Waals surface area contributed by atoms with Crippen LogP contribution in [0.4, 0.5) is 0 Å². The highest BCUT2D eigenvalue weighted by molar-refractivity contribution is 7.89. The minimum atomic E-state index is -3.60. The minimum Gasteiger partial charge on any atom is -0.496 e. The number of carbonyl (C=O) groups is 1. The van der Waals surface area contributed by atoms with Crippen LogP contribution in [0.5, 0.6) is 11.5 Å². The Hall–Kier alpha value is -2.58. The van der Waals surface area contributed by atoms with Crippen LogP contribution < -0.4 is 14.8 Å². The van der Waals surface area contributed by atoms with Crippen LogP contribution in [0.1, 0.15) is 36.9 Å². The maximum Gasteiger partial charge on any atom is 0.243 e. The summed E-state index contributed by atoms with van der Waals surface area (Å²) in [5, 5.41) is 3.05. The van der Waals surface area contributed by atoms with E-state index in [1.165, 1.54) is 4.31 Å². The lowest BCUT2D eigenvalue weighted by molar-refractivity contribution is -0.126. The average molecular weight is 447 g/mol. The molecular weight excluding hydrogens is 416 g/mol. The summed E-state index contributed by atoms with van der Waals surface area (Å²) in [7, 11) is -0.443. The molecule has 2 aromatic carbocycles. The van der Waals surface area contributed by atoms with Gasteiger partial charge in [0.1, 0.15) is 11.5 Å². The second-order valence-electron chi connectivity index (χ2n) is 7.78. The number of sulfonamides is 1. The third-order valence-electron chi connectivity index (χ3n) is 5.79. The van der Waals surface area contributed by atoms with E-state index in [0.717, 1.165) is 16.9 Å². The van der Waals surface area contributed by atoms with Gasteiger partial charge in [-0.2, -0.15) is 4.31 Å². The molecular formula is C23H30N2O5S. The topological polar surface area (TPSA) is 84.9 Å². The Morgan fingerprint density at radius 2 is 1.71 bits per heavy atom. The van der Waals surface area contributed by atoms with E-state index in [-0.39, 0.29) is 22.8 Å². The molecule has 168 valence electrons. The fourth-order valence-corrected chi connectivity index (χ4v) is 5.51. The first-order valence-corrected chi connectivity index (χ1v) is 11.8. The van der Waals surface area contributed by atoms with Gasteiger partial charge in [-0.15, -0.1) is 0 Å². The third kappa shape index (κ3) is 5.02. The maximum absolute atomic E-state index is 13.0. The van der Waals surface area contributed by atoms with Crippen LogP contribution in [0.25, 0.3) is 0 Å². The highest BCUT2D eigenvalue weighted by Crippen LogP contribution is 2.29. The zero-order chi connectivity index (χ0) is 22.6. The number of aryl methyl sites for hydroxylation is 1. The van der Waals surface area contributed by atoms with Crippen LogP contribution >= 0.6 is 0 Å². The molecule has 0 radical (unpaired) electrons. The molecule has 8 heteroatoms. The number of carbonyl (C=O) groups excluding carboxylic acids is 1. The largest absolute Gasteiger partial charge is 0.496 e. The second-order valence-corrected chi connectivity index (χ2v) is 9.72. The molecule has 0 bridgehead atoms. The van der Waals surface area contributed by atoms with E-state index in [1.54, 1.807) is 32.4 Å². The van der Waals surface area contributed by atoms with Crippen molar-refractivity contribution in [2.24, 2.45) is 5.92 Å². The van der Waals surface area contributed by atoms with Gasteiger partial charge in [-0.25, -0.2) is 8.42 Å². The van der Waals surface area contributed by atoms with Gasteiger partial charge in [-0.1, -0.05) is 18.2 Å². The van der Waals surface area contributed by atoms with Crippen LogP contribution in [0, 0.1) is 12.8 Å². The van der Waals surface area contributed by atoms with E-state index in [1.807, 2.05) is 38.1 Å². The molecule has 1 aliphatic heterocycles. The minimum absolute atomic E-state index is 0.0595. The zero-order valence-corrected chi connectivity index (χ0v) is 19.2. The molecule has 0 aromatic heterocycles. The first kappa shape index (κ1) is 23.1. The van der Waals surface area contributed by atoms with Crippen molar-refractivity contribution in [1.29, 1.82) is 0 Å². The van der Waals surface area contributed by atoms with Gasteiger partial charge in [0.05, 0.1) is 25.2 Å². The molecule has 0 aliphatic carbocycles. The monoisotopic (exact) mass is 446 g/mol. The molecule has 1 fully saturated rings. The Balaban J connectivity index is 1.62. The highest BCUT2D eigenvalue weighted by atomic mass is 32.2. The third-order valence-corrected chi connectivity index (χ3v) is 7.69. The lowest BCUT2D eigenvalue weighted by Gasteiger charge is -2.31. The lowest BCUT2D eigenvalue weighted by Crippen LogP contribution is -2.43. The Bertz CT molecular complexity index is 1030. The van der Waals surface area contributed by atoms with Crippen molar-refractivity contribution < 1.29 is 22.7 Å². The van der Waals surface area contributed by atoms with Gasteiger partial charge in [0.2, 0.25) is 15.9 Å². The van der Waals surface area contributed by atoms with Gasteiger partial charge >= 0.3 is 0 Å². The maximum atomic E-state index is 13.0. The zero-order valence-electron chi connectivity index (χ0n) is 18.4. The number of para-hydroxylation sites is 1. The molecule has 7 nitrogen and oxygen atoms in total. The summed E-state index contributed by atoms with van der Waals surface area (Å²) < 4.78 is 38.1. The smallest absolute Gasteiger partial charge is 0.243 e. The molecule has 1 N–H and O–H groups in total. The number of rotatable bonds is 7. The summed E-state index contributed by atoms with van der Waals surface area (Å²) in [4.78, 5) is 13.0. The number of nitrogens with zero attached hydrogens (tertiary/aromatic N) is 1. The highest BCUT2D eigenvalue weighted by Gasteiger charge is 2.33. The van der Waals surface area contributed by atoms with Crippen molar-refractivity contribution in [3.05, 3.63) is 53.6 Å². The van der Waals surface area contributed by atoms with Gasteiger partial charge in [0, 0.05) is 24.6 Å². The molecule has 0 spiro atoms. The number of hydrogen-bond acceptors (Lipinski definition) is 5. The van der Waals surface area contributed by atoms with Gasteiger partial charge < -0.3 is 14.8 Å².